The lowest BCUT2D eigenvalue weighted by molar-refractivity contribution is -0.125. The summed E-state index contributed by atoms with van der Waals surface area (Å²) in [7, 11) is 1.62. The van der Waals surface area contributed by atoms with Gasteiger partial charge in [0.2, 0.25) is 5.91 Å². The molecule has 1 aromatic rings. The monoisotopic (exact) mass is 222 g/mol. The van der Waals surface area contributed by atoms with Crippen LogP contribution in [0.4, 0.5) is 0 Å². The predicted octanol–water partition coefficient (Wildman–Crippen LogP) is 1.27. The van der Waals surface area contributed by atoms with E-state index in [0.717, 1.165) is 16.9 Å². The zero-order valence-electron chi connectivity index (χ0n) is 10.1. The molecule has 0 atom stereocenters. The molecule has 0 fully saturated rings. The Morgan fingerprint density at radius 1 is 1.44 bits per heavy atom. The Labute approximate surface area is 95.8 Å². The van der Waals surface area contributed by atoms with Crippen LogP contribution in [-0.4, -0.2) is 13.0 Å². The average Bonchev–Trinajstić information content (AvgIpc) is 2.27. The Morgan fingerprint density at radius 3 is 2.50 bits per heavy atom. The number of carbonyl (C=O) groups is 1. The molecule has 0 aliphatic carbocycles. The standard InChI is InChI=1S/C12H18N2O2/c1-8-7-9(5-6-10(8)16-4)12(2,3)11(15)14-13/h5-7H,13H2,1-4H3,(H,14,15). The van der Waals surface area contributed by atoms with Gasteiger partial charge in [-0.25, -0.2) is 5.84 Å². The van der Waals surface area contributed by atoms with Gasteiger partial charge in [-0.15, -0.1) is 0 Å². The fourth-order valence-corrected chi connectivity index (χ4v) is 1.58. The first-order valence-electron chi connectivity index (χ1n) is 5.09. The molecule has 88 valence electrons. The average molecular weight is 222 g/mol. The van der Waals surface area contributed by atoms with Crippen molar-refractivity contribution in [3.8, 4) is 5.75 Å². The van der Waals surface area contributed by atoms with Gasteiger partial charge < -0.3 is 4.74 Å². The van der Waals surface area contributed by atoms with Crippen LogP contribution in [0.1, 0.15) is 25.0 Å². The van der Waals surface area contributed by atoms with Crippen molar-refractivity contribution >= 4 is 5.91 Å². The molecule has 0 aliphatic heterocycles. The zero-order valence-corrected chi connectivity index (χ0v) is 10.1. The summed E-state index contributed by atoms with van der Waals surface area (Å²) in [5, 5.41) is 0. The Kier molecular flexibility index (Phi) is 3.55. The molecule has 4 heteroatoms. The molecular formula is C12H18N2O2. The molecule has 3 N–H and O–H groups in total. The molecule has 0 heterocycles. The van der Waals surface area contributed by atoms with Gasteiger partial charge in [-0.3, -0.25) is 10.2 Å². The van der Waals surface area contributed by atoms with Crippen LogP contribution in [0, 0.1) is 6.92 Å². The highest BCUT2D eigenvalue weighted by molar-refractivity contribution is 5.86. The third-order valence-corrected chi connectivity index (χ3v) is 2.82. The number of benzene rings is 1. The second kappa shape index (κ2) is 4.53. The summed E-state index contributed by atoms with van der Waals surface area (Å²) < 4.78 is 5.17. The van der Waals surface area contributed by atoms with Crippen molar-refractivity contribution in [3.63, 3.8) is 0 Å². The topological polar surface area (TPSA) is 64.3 Å². The molecule has 1 aromatic carbocycles. The highest BCUT2D eigenvalue weighted by Crippen LogP contribution is 2.27. The number of ether oxygens (including phenoxy) is 1. The number of hydrazine groups is 1. The van der Waals surface area contributed by atoms with Crippen LogP contribution < -0.4 is 16.0 Å². The minimum Gasteiger partial charge on any atom is -0.496 e. The van der Waals surface area contributed by atoms with Gasteiger partial charge in [0.25, 0.3) is 0 Å². The number of aryl methyl sites for hydroxylation is 1. The third-order valence-electron chi connectivity index (χ3n) is 2.82. The van der Waals surface area contributed by atoms with Crippen LogP contribution in [0.5, 0.6) is 5.75 Å². The van der Waals surface area contributed by atoms with Gasteiger partial charge >= 0.3 is 0 Å². The minimum absolute atomic E-state index is 0.211. The van der Waals surface area contributed by atoms with E-state index in [1.807, 2.05) is 39.0 Å². The van der Waals surface area contributed by atoms with Crippen molar-refractivity contribution in [2.45, 2.75) is 26.2 Å². The van der Waals surface area contributed by atoms with Crippen LogP contribution in [0.15, 0.2) is 18.2 Å². The summed E-state index contributed by atoms with van der Waals surface area (Å²) in [5.41, 5.74) is 3.44. The SMILES string of the molecule is COc1ccc(C(C)(C)C(=O)NN)cc1C. The van der Waals surface area contributed by atoms with E-state index in [1.54, 1.807) is 7.11 Å². The van der Waals surface area contributed by atoms with Crippen molar-refractivity contribution in [2.75, 3.05) is 7.11 Å². The molecule has 4 nitrogen and oxygen atoms in total. The minimum atomic E-state index is -0.647. The van der Waals surface area contributed by atoms with Crippen LogP contribution in [0.2, 0.25) is 0 Å². The summed E-state index contributed by atoms with van der Waals surface area (Å²) in [6.45, 7) is 5.60. The first kappa shape index (κ1) is 12.5. The summed E-state index contributed by atoms with van der Waals surface area (Å²) in [5.74, 6) is 5.77. The first-order chi connectivity index (χ1) is 7.43. The van der Waals surface area contributed by atoms with Gasteiger partial charge in [0.05, 0.1) is 12.5 Å². The Balaban J connectivity index is 3.14. The maximum atomic E-state index is 11.6. The molecule has 1 amide bonds. The number of amides is 1. The number of nitrogens with one attached hydrogen (secondary N) is 1. The highest BCUT2D eigenvalue weighted by atomic mass is 16.5. The Morgan fingerprint density at radius 2 is 2.06 bits per heavy atom. The van der Waals surface area contributed by atoms with E-state index in [-0.39, 0.29) is 5.91 Å². The van der Waals surface area contributed by atoms with Gasteiger partial charge in [-0.2, -0.15) is 0 Å². The van der Waals surface area contributed by atoms with Gasteiger partial charge in [0, 0.05) is 0 Å². The predicted molar refractivity (Wildman–Crippen MR) is 63.1 cm³/mol. The quantitative estimate of drug-likeness (QED) is 0.460. The number of hydrogen-bond acceptors (Lipinski definition) is 3. The summed E-state index contributed by atoms with van der Waals surface area (Å²) in [6.07, 6.45) is 0. The lowest BCUT2D eigenvalue weighted by Crippen LogP contribution is -2.43. The van der Waals surface area contributed by atoms with Crippen LogP contribution in [-0.2, 0) is 10.2 Å². The van der Waals surface area contributed by atoms with E-state index in [1.165, 1.54) is 0 Å². The molecule has 0 bridgehead atoms. The lowest BCUT2D eigenvalue weighted by atomic mass is 9.83. The second-order valence-corrected chi connectivity index (χ2v) is 4.28. The van der Waals surface area contributed by atoms with Gasteiger partial charge in [-0.1, -0.05) is 12.1 Å². The van der Waals surface area contributed by atoms with Crippen molar-refractivity contribution in [3.05, 3.63) is 29.3 Å². The third kappa shape index (κ3) is 2.17. The largest absolute Gasteiger partial charge is 0.496 e. The molecule has 0 aromatic heterocycles. The number of nitrogens with two attached hydrogens (primary N) is 1. The van der Waals surface area contributed by atoms with Crippen molar-refractivity contribution in [1.82, 2.24) is 5.43 Å². The molecule has 1 rings (SSSR count). The number of rotatable bonds is 3. The van der Waals surface area contributed by atoms with Gasteiger partial charge in [0.15, 0.2) is 0 Å². The maximum absolute atomic E-state index is 11.6. The molecule has 0 radical (unpaired) electrons. The number of carbonyl (C=O) groups excluding carboxylic acids is 1. The van der Waals surface area contributed by atoms with E-state index in [9.17, 15) is 4.79 Å². The molecule has 0 saturated carbocycles. The molecule has 0 saturated heterocycles. The van der Waals surface area contributed by atoms with Crippen LogP contribution >= 0.6 is 0 Å². The van der Waals surface area contributed by atoms with Crippen molar-refractivity contribution in [2.24, 2.45) is 5.84 Å². The van der Waals surface area contributed by atoms with E-state index in [0.29, 0.717) is 0 Å². The van der Waals surface area contributed by atoms with Crippen LogP contribution in [0.3, 0.4) is 0 Å². The van der Waals surface area contributed by atoms with E-state index < -0.39 is 5.41 Å². The normalized spacial score (nSPS) is 11.1. The second-order valence-electron chi connectivity index (χ2n) is 4.28. The molecule has 0 unspecified atom stereocenters. The fraction of sp³-hybridized carbons (Fsp3) is 0.417. The lowest BCUT2D eigenvalue weighted by Gasteiger charge is -2.23. The molecule has 0 spiro atoms. The summed E-state index contributed by atoms with van der Waals surface area (Å²) in [6, 6.07) is 5.67. The summed E-state index contributed by atoms with van der Waals surface area (Å²) in [4.78, 5) is 11.6. The Hall–Kier alpha value is -1.55. The van der Waals surface area contributed by atoms with E-state index in [2.05, 4.69) is 5.43 Å². The Bertz CT molecular complexity index is 400. The smallest absolute Gasteiger partial charge is 0.243 e. The van der Waals surface area contributed by atoms with E-state index >= 15 is 0 Å². The van der Waals surface area contributed by atoms with Gasteiger partial charge in [0.1, 0.15) is 5.75 Å². The maximum Gasteiger partial charge on any atom is 0.243 e. The van der Waals surface area contributed by atoms with Crippen molar-refractivity contribution in [1.29, 1.82) is 0 Å². The molecular weight excluding hydrogens is 204 g/mol. The zero-order chi connectivity index (χ0) is 12.3. The molecule has 0 aliphatic rings. The number of hydrogen-bond donors (Lipinski definition) is 2. The van der Waals surface area contributed by atoms with Gasteiger partial charge in [-0.05, 0) is 38.0 Å². The first-order valence-corrected chi connectivity index (χ1v) is 5.09. The highest BCUT2D eigenvalue weighted by Gasteiger charge is 2.29. The van der Waals surface area contributed by atoms with Crippen LogP contribution in [0.25, 0.3) is 0 Å². The van der Waals surface area contributed by atoms with Crippen molar-refractivity contribution < 1.29 is 9.53 Å². The molecule has 16 heavy (non-hydrogen) atoms. The summed E-state index contributed by atoms with van der Waals surface area (Å²) >= 11 is 0. The van der Waals surface area contributed by atoms with E-state index in [4.69, 9.17) is 10.6 Å². The number of methoxy groups -OCH3 is 1. The fourth-order valence-electron chi connectivity index (χ4n) is 1.58.